The molecule has 2 aromatic rings. The van der Waals surface area contributed by atoms with Crippen LogP contribution < -0.4 is 15.4 Å². The van der Waals surface area contributed by atoms with Gasteiger partial charge in [-0.3, -0.25) is 9.59 Å². The van der Waals surface area contributed by atoms with E-state index in [1.54, 1.807) is 38.1 Å². The van der Waals surface area contributed by atoms with Gasteiger partial charge in [-0.1, -0.05) is 18.2 Å². The molecule has 0 spiro atoms. The number of rotatable bonds is 9. The van der Waals surface area contributed by atoms with Gasteiger partial charge in [0.1, 0.15) is 18.2 Å². The molecule has 0 heterocycles. The molecule has 0 atom stereocenters. The van der Waals surface area contributed by atoms with Gasteiger partial charge in [0.25, 0.3) is 5.91 Å². The SMILES string of the molecule is CC(C)NC(=O)CNC(=O)COC(=O)c1cccc(OCc2ccc(F)cc2)c1. The Hall–Kier alpha value is -3.42. The molecule has 0 saturated heterocycles. The lowest BCUT2D eigenvalue weighted by molar-refractivity contribution is -0.128. The van der Waals surface area contributed by atoms with Gasteiger partial charge in [0.05, 0.1) is 12.1 Å². The fourth-order valence-electron chi connectivity index (χ4n) is 2.28. The Bertz CT molecular complexity index is 852. The van der Waals surface area contributed by atoms with E-state index < -0.39 is 18.5 Å². The van der Waals surface area contributed by atoms with Crippen molar-refractivity contribution in [3.63, 3.8) is 0 Å². The minimum absolute atomic E-state index is 0.0326. The molecule has 2 amide bonds. The van der Waals surface area contributed by atoms with Gasteiger partial charge in [0, 0.05) is 6.04 Å². The van der Waals surface area contributed by atoms with Gasteiger partial charge in [-0.2, -0.15) is 0 Å². The topological polar surface area (TPSA) is 93.7 Å². The Kier molecular flexibility index (Phi) is 8.14. The van der Waals surface area contributed by atoms with Crippen LogP contribution in [-0.2, 0) is 20.9 Å². The number of carbonyl (C=O) groups excluding carboxylic acids is 3. The number of halogens is 1. The van der Waals surface area contributed by atoms with Crippen molar-refractivity contribution in [1.29, 1.82) is 0 Å². The van der Waals surface area contributed by atoms with E-state index in [1.165, 1.54) is 24.3 Å². The van der Waals surface area contributed by atoms with E-state index in [9.17, 15) is 18.8 Å². The lowest BCUT2D eigenvalue weighted by atomic mass is 10.2. The van der Waals surface area contributed by atoms with Crippen molar-refractivity contribution in [2.24, 2.45) is 0 Å². The summed E-state index contributed by atoms with van der Waals surface area (Å²) in [5, 5.41) is 5.00. The molecule has 2 N–H and O–H groups in total. The van der Waals surface area contributed by atoms with Crippen molar-refractivity contribution in [3.05, 3.63) is 65.5 Å². The Balaban J connectivity index is 1.80. The van der Waals surface area contributed by atoms with Crippen LogP contribution in [-0.4, -0.2) is 37.0 Å². The maximum Gasteiger partial charge on any atom is 0.338 e. The van der Waals surface area contributed by atoms with Crippen LogP contribution in [0.2, 0.25) is 0 Å². The first-order chi connectivity index (χ1) is 13.8. The second-order valence-electron chi connectivity index (χ2n) is 6.52. The summed E-state index contributed by atoms with van der Waals surface area (Å²) in [6, 6.07) is 12.2. The number of amides is 2. The second-order valence-corrected chi connectivity index (χ2v) is 6.52. The largest absolute Gasteiger partial charge is 0.489 e. The third kappa shape index (κ3) is 8.00. The number of benzene rings is 2. The molecule has 0 aromatic heterocycles. The van der Waals surface area contributed by atoms with Crippen molar-refractivity contribution in [1.82, 2.24) is 10.6 Å². The van der Waals surface area contributed by atoms with Crippen molar-refractivity contribution >= 4 is 17.8 Å². The van der Waals surface area contributed by atoms with Crippen LogP contribution >= 0.6 is 0 Å². The number of nitrogens with one attached hydrogen (secondary N) is 2. The summed E-state index contributed by atoms with van der Waals surface area (Å²) in [5.41, 5.74) is 0.990. The van der Waals surface area contributed by atoms with Crippen molar-refractivity contribution in [3.8, 4) is 5.75 Å². The van der Waals surface area contributed by atoms with E-state index in [0.717, 1.165) is 5.56 Å². The van der Waals surface area contributed by atoms with Crippen LogP contribution in [0.3, 0.4) is 0 Å². The van der Waals surface area contributed by atoms with E-state index in [-0.39, 0.29) is 36.5 Å². The van der Waals surface area contributed by atoms with E-state index in [0.29, 0.717) is 5.75 Å². The summed E-state index contributed by atoms with van der Waals surface area (Å²) in [6.45, 7) is 3.12. The van der Waals surface area contributed by atoms with Crippen molar-refractivity contribution in [2.45, 2.75) is 26.5 Å². The zero-order valence-corrected chi connectivity index (χ0v) is 16.2. The first-order valence-electron chi connectivity index (χ1n) is 9.04. The molecule has 154 valence electrons. The molecule has 0 unspecified atom stereocenters. The highest BCUT2D eigenvalue weighted by molar-refractivity contribution is 5.92. The summed E-state index contributed by atoms with van der Waals surface area (Å²) in [4.78, 5) is 35.3. The summed E-state index contributed by atoms with van der Waals surface area (Å²) < 4.78 is 23.5. The molecular formula is C21H23FN2O5. The summed E-state index contributed by atoms with van der Waals surface area (Å²) in [6.07, 6.45) is 0. The van der Waals surface area contributed by atoms with Gasteiger partial charge < -0.3 is 20.1 Å². The smallest absolute Gasteiger partial charge is 0.338 e. The van der Waals surface area contributed by atoms with E-state index in [4.69, 9.17) is 9.47 Å². The molecule has 0 saturated carbocycles. The van der Waals surface area contributed by atoms with Crippen molar-refractivity contribution in [2.75, 3.05) is 13.2 Å². The minimum atomic E-state index is -0.695. The van der Waals surface area contributed by atoms with Crippen LogP contribution in [0.25, 0.3) is 0 Å². The maximum absolute atomic E-state index is 12.9. The molecule has 0 radical (unpaired) electrons. The Labute approximate surface area is 168 Å². The third-order valence-corrected chi connectivity index (χ3v) is 3.62. The average Bonchev–Trinajstić information content (AvgIpc) is 2.69. The fraction of sp³-hybridized carbons (Fsp3) is 0.286. The van der Waals surface area contributed by atoms with Gasteiger partial charge in [0.15, 0.2) is 6.61 Å². The van der Waals surface area contributed by atoms with Gasteiger partial charge in [0.2, 0.25) is 5.91 Å². The van der Waals surface area contributed by atoms with Gasteiger partial charge in [-0.05, 0) is 49.7 Å². The zero-order chi connectivity index (χ0) is 21.2. The normalized spacial score (nSPS) is 10.3. The van der Waals surface area contributed by atoms with Crippen LogP contribution in [0.15, 0.2) is 48.5 Å². The van der Waals surface area contributed by atoms with Gasteiger partial charge in [-0.15, -0.1) is 0 Å². The standard InChI is InChI=1S/C21H23FN2O5/c1-14(2)24-19(25)11-23-20(26)13-29-21(27)16-4-3-5-18(10-16)28-12-15-6-8-17(22)9-7-15/h3-10,14H,11-13H2,1-2H3,(H,23,26)(H,24,25). The fourth-order valence-corrected chi connectivity index (χ4v) is 2.28. The maximum atomic E-state index is 12.9. The van der Waals surface area contributed by atoms with Crippen molar-refractivity contribution < 1.29 is 28.2 Å². The monoisotopic (exact) mass is 402 g/mol. The predicted octanol–water partition coefficient (Wildman–Crippen LogP) is 2.20. The number of hydrogen-bond acceptors (Lipinski definition) is 5. The molecule has 8 heteroatoms. The molecule has 0 aliphatic heterocycles. The quantitative estimate of drug-likeness (QED) is 0.627. The highest BCUT2D eigenvalue weighted by Gasteiger charge is 2.12. The Morgan fingerprint density at radius 1 is 1.03 bits per heavy atom. The first kappa shape index (κ1) is 21.9. The highest BCUT2D eigenvalue weighted by Crippen LogP contribution is 2.16. The van der Waals surface area contributed by atoms with E-state index in [1.807, 2.05) is 0 Å². The van der Waals surface area contributed by atoms with Crippen LogP contribution in [0, 0.1) is 5.82 Å². The number of ether oxygens (including phenoxy) is 2. The molecule has 0 bridgehead atoms. The molecule has 0 aliphatic carbocycles. The molecule has 29 heavy (non-hydrogen) atoms. The lowest BCUT2D eigenvalue weighted by Gasteiger charge is -2.10. The van der Waals surface area contributed by atoms with Gasteiger partial charge >= 0.3 is 5.97 Å². The lowest BCUT2D eigenvalue weighted by Crippen LogP contribution is -2.41. The number of carbonyl (C=O) groups is 3. The summed E-state index contributed by atoms with van der Waals surface area (Å²) in [7, 11) is 0. The summed E-state index contributed by atoms with van der Waals surface area (Å²) in [5.74, 6) is -1.51. The molecule has 2 aromatic carbocycles. The van der Waals surface area contributed by atoms with Crippen LogP contribution in [0.1, 0.15) is 29.8 Å². The Morgan fingerprint density at radius 3 is 2.45 bits per heavy atom. The number of esters is 1. The van der Waals surface area contributed by atoms with E-state index >= 15 is 0 Å². The molecule has 2 rings (SSSR count). The zero-order valence-electron chi connectivity index (χ0n) is 16.2. The first-order valence-corrected chi connectivity index (χ1v) is 9.04. The van der Waals surface area contributed by atoms with Crippen LogP contribution in [0.5, 0.6) is 5.75 Å². The minimum Gasteiger partial charge on any atom is -0.489 e. The highest BCUT2D eigenvalue weighted by atomic mass is 19.1. The molecule has 7 nitrogen and oxygen atoms in total. The van der Waals surface area contributed by atoms with Gasteiger partial charge in [-0.25, -0.2) is 9.18 Å². The third-order valence-electron chi connectivity index (χ3n) is 3.62. The summed E-state index contributed by atoms with van der Waals surface area (Å²) >= 11 is 0. The second kappa shape index (κ2) is 10.8. The molecule has 0 aliphatic rings. The number of hydrogen-bond donors (Lipinski definition) is 2. The molecular weight excluding hydrogens is 379 g/mol. The van der Waals surface area contributed by atoms with Crippen LogP contribution in [0.4, 0.5) is 4.39 Å². The van der Waals surface area contributed by atoms with E-state index in [2.05, 4.69) is 10.6 Å². The Morgan fingerprint density at radius 2 is 1.76 bits per heavy atom. The average molecular weight is 402 g/mol. The molecule has 0 fully saturated rings. The predicted molar refractivity (Wildman–Crippen MR) is 104 cm³/mol.